The van der Waals surface area contributed by atoms with Crippen LogP contribution in [-0.2, 0) is 38.1 Å². The molecule has 0 radical (unpaired) electrons. The first-order valence-electron chi connectivity index (χ1n) is 16.2. The highest BCUT2D eigenvalue weighted by molar-refractivity contribution is 5.81. The molecular formula is C36H72O15. The Balaban J connectivity index is -0.000000132. The Morgan fingerprint density at radius 3 is 1.04 bits per heavy atom. The Bertz CT molecular complexity index is 897. The first-order valence-corrected chi connectivity index (χ1v) is 16.2. The molecule has 0 spiro atoms. The second kappa shape index (κ2) is 31.8. The van der Waals surface area contributed by atoms with Gasteiger partial charge in [0.15, 0.2) is 0 Å². The van der Waals surface area contributed by atoms with Crippen LogP contribution in [0.1, 0.15) is 81.6 Å². The number of methoxy groups -OCH3 is 4. The summed E-state index contributed by atoms with van der Waals surface area (Å²) in [5.41, 5.74) is -4.21. The fourth-order valence-corrected chi connectivity index (χ4v) is 3.21. The van der Waals surface area contributed by atoms with Gasteiger partial charge in [0.1, 0.15) is 5.60 Å². The average molecular weight is 745 g/mol. The fourth-order valence-electron chi connectivity index (χ4n) is 3.21. The summed E-state index contributed by atoms with van der Waals surface area (Å²) in [5.74, 6) is -3.97. The van der Waals surface area contributed by atoms with Gasteiger partial charge in [-0.1, -0.05) is 41.0 Å². The van der Waals surface area contributed by atoms with Crippen molar-refractivity contribution < 1.29 is 73.9 Å². The molecule has 0 amide bonds. The standard InChI is InChI=1S/C10H18O6.C9H16O5.C7H16O.C6H14O3.2C2H4/c1-10(5-11,6-12)7(9(14)16-3)4-8(13)15-2;1-9(2,12)6(8(11)14-4)5-7(10)13-3;1-5-6(2)7(3,4)8;1-5(2)6(9,3-7)4-8;2*1-2/h7,11-12H,4-6H2,1-3H3;6,12H,5H2,1-4H3;6,8H,5H2,1-4H3;5,7-9H,3-4H2,1-2H3;2*1-2H2. The van der Waals surface area contributed by atoms with Crippen molar-refractivity contribution in [2.24, 2.45) is 29.1 Å². The Morgan fingerprint density at radius 2 is 0.882 bits per heavy atom. The Labute approximate surface area is 306 Å². The summed E-state index contributed by atoms with van der Waals surface area (Å²) < 4.78 is 17.9. The van der Waals surface area contributed by atoms with Crippen LogP contribution in [0.15, 0.2) is 26.3 Å². The van der Waals surface area contributed by atoms with Crippen molar-refractivity contribution in [2.45, 2.75) is 98.4 Å². The largest absolute Gasteiger partial charge is 0.469 e. The molecule has 51 heavy (non-hydrogen) atoms. The van der Waals surface area contributed by atoms with E-state index in [0.717, 1.165) is 6.42 Å². The van der Waals surface area contributed by atoms with Gasteiger partial charge in [-0.05, 0) is 39.5 Å². The zero-order valence-corrected chi connectivity index (χ0v) is 33.5. The molecule has 15 heteroatoms. The van der Waals surface area contributed by atoms with Gasteiger partial charge in [-0.15, -0.1) is 26.3 Å². The molecular weight excluding hydrogens is 672 g/mol. The van der Waals surface area contributed by atoms with E-state index in [4.69, 9.17) is 20.4 Å². The molecule has 0 aliphatic carbocycles. The molecule has 0 saturated heterocycles. The van der Waals surface area contributed by atoms with Gasteiger partial charge in [0.2, 0.25) is 0 Å². The lowest BCUT2D eigenvalue weighted by molar-refractivity contribution is -0.160. The van der Waals surface area contributed by atoms with E-state index in [1.54, 1.807) is 13.8 Å². The molecule has 0 saturated carbocycles. The topological polar surface area (TPSA) is 247 Å². The number of aliphatic hydroxyl groups excluding tert-OH is 4. The third kappa shape index (κ3) is 27.4. The monoisotopic (exact) mass is 744 g/mol. The maximum absolute atomic E-state index is 11.5. The molecule has 0 aliphatic rings. The van der Waals surface area contributed by atoms with E-state index in [1.165, 1.54) is 49.2 Å². The molecule has 0 aromatic heterocycles. The van der Waals surface area contributed by atoms with Gasteiger partial charge in [0.25, 0.3) is 0 Å². The molecule has 0 aliphatic heterocycles. The highest BCUT2D eigenvalue weighted by atomic mass is 16.5. The number of hydrogen-bond donors (Lipinski definition) is 7. The van der Waals surface area contributed by atoms with Crippen molar-refractivity contribution in [1.82, 2.24) is 0 Å². The summed E-state index contributed by atoms with van der Waals surface area (Å²) in [7, 11) is 4.81. The molecule has 0 bridgehead atoms. The van der Waals surface area contributed by atoms with Crippen molar-refractivity contribution in [3.05, 3.63) is 26.3 Å². The van der Waals surface area contributed by atoms with Crippen molar-refractivity contribution in [2.75, 3.05) is 54.9 Å². The zero-order chi connectivity index (χ0) is 42.4. The first kappa shape index (κ1) is 60.2. The molecule has 15 nitrogen and oxygen atoms in total. The van der Waals surface area contributed by atoms with Crippen LogP contribution in [0.2, 0.25) is 0 Å². The summed E-state index contributed by atoms with van der Waals surface area (Å²) in [4.78, 5) is 44.8. The lowest BCUT2D eigenvalue weighted by Crippen LogP contribution is -2.42. The van der Waals surface area contributed by atoms with Crippen LogP contribution in [0.3, 0.4) is 0 Å². The Morgan fingerprint density at radius 1 is 0.569 bits per heavy atom. The number of rotatable bonds is 15. The predicted octanol–water partition coefficient (Wildman–Crippen LogP) is 2.21. The minimum Gasteiger partial charge on any atom is -0.469 e. The molecule has 0 rings (SSSR count). The zero-order valence-electron chi connectivity index (χ0n) is 33.5. The smallest absolute Gasteiger partial charge is 0.312 e. The van der Waals surface area contributed by atoms with Gasteiger partial charge in [-0.25, -0.2) is 0 Å². The molecule has 0 aromatic carbocycles. The van der Waals surface area contributed by atoms with Crippen LogP contribution in [0.4, 0.5) is 0 Å². The molecule has 0 fully saturated rings. The van der Waals surface area contributed by atoms with Gasteiger partial charge in [0, 0.05) is 5.41 Å². The number of ether oxygens (including phenoxy) is 4. The van der Waals surface area contributed by atoms with Crippen LogP contribution in [0.5, 0.6) is 0 Å². The van der Waals surface area contributed by atoms with E-state index < -0.39 is 71.1 Å². The van der Waals surface area contributed by atoms with Gasteiger partial charge in [-0.3, -0.25) is 19.2 Å². The quantitative estimate of drug-likeness (QED) is 0.0722. The van der Waals surface area contributed by atoms with Gasteiger partial charge < -0.3 is 54.7 Å². The highest BCUT2D eigenvalue weighted by Crippen LogP contribution is 2.30. The number of aliphatic hydroxyl groups is 7. The number of hydrogen-bond acceptors (Lipinski definition) is 15. The number of carbonyl (C=O) groups is 4. The van der Waals surface area contributed by atoms with E-state index in [2.05, 4.69) is 59.1 Å². The predicted molar refractivity (Wildman–Crippen MR) is 195 cm³/mol. The fraction of sp³-hybridized carbons (Fsp3) is 0.778. The Kier molecular flexibility index (Phi) is 37.5. The summed E-state index contributed by atoms with van der Waals surface area (Å²) in [6, 6.07) is 0. The van der Waals surface area contributed by atoms with Crippen LogP contribution in [-0.4, -0.2) is 131 Å². The van der Waals surface area contributed by atoms with E-state index in [1.807, 2.05) is 13.8 Å². The maximum Gasteiger partial charge on any atom is 0.312 e. The van der Waals surface area contributed by atoms with E-state index >= 15 is 0 Å². The van der Waals surface area contributed by atoms with E-state index in [-0.39, 0.29) is 32.0 Å². The summed E-state index contributed by atoms with van der Waals surface area (Å²) in [6.07, 6.45) is 0.622. The van der Waals surface area contributed by atoms with Crippen LogP contribution in [0, 0.1) is 29.1 Å². The number of carbonyl (C=O) groups excluding carboxylic acids is 4. The molecule has 0 aromatic rings. The van der Waals surface area contributed by atoms with Gasteiger partial charge >= 0.3 is 23.9 Å². The molecule has 0 heterocycles. The maximum atomic E-state index is 11.5. The SMILES string of the molecule is C=C.C=C.CC(C)C(O)(CO)CO.CCC(C)C(C)(C)O.COC(=O)CC(C(=O)OC)C(C)(C)O.COC(=O)CC(C(=O)OC)C(C)(CO)CO. The second-order valence-corrected chi connectivity index (χ2v) is 12.9. The molecule has 306 valence electrons. The van der Waals surface area contributed by atoms with Crippen LogP contribution < -0.4 is 0 Å². The van der Waals surface area contributed by atoms with Crippen molar-refractivity contribution in [3.8, 4) is 0 Å². The van der Waals surface area contributed by atoms with Crippen LogP contribution >= 0.6 is 0 Å². The third-order valence-corrected chi connectivity index (χ3v) is 8.03. The third-order valence-electron chi connectivity index (χ3n) is 8.03. The molecule has 7 N–H and O–H groups in total. The second-order valence-electron chi connectivity index (χ2n) is 12.9. The van der Waals surface area contributed by atoms with Crippen molar-refractivity contribution in [1.29, 1.82) is 0 Å². The molecule has 3 unspecified atom stereocenters. The lowest BCUT2D eigenvalue weighted by atomic mass is 9.76. The van der Waals surface area contributed by atoms with Gasteiger partial charge in [0.05, 0.1) is 90.7 Å². The average Bonchev–Trinajstić information content (AvgIpc) is 3.12. The lowest BCUT2D eigenvalue weighted by Gasteiger charge is -2.31. The van der Waals surface area contributed by atoms with E-state index in [9.17, 15) is 34.5 Å². The van der Waals surface area contributed by atoms with Crippen molar-refractivity contribution >= 4 is 23.9 Å². The molecule has 3 atom stereocenters. The minimum atomic E-state index is -1.31. The Hall–Kier alpha value is -2.92. The van der Waals surface area contributed by atoms with E-state index in [0.29, 0.717) is 5.92 Å². The van der Waals surface area contributed by atoms with Crippen LogP contribution in [0.25, 0.3) is 0 Å². The summed E-state index contributed by atoms with van der Waals surface area (Å²) >= 11 is 0. The number of esters is 4. The summed E-state index contributed by atoms with van der Waals surface area (Å²) in [6.45, 7) is 26.1. The summed E-state index contributed by atoms with van der Waals surface area (Å²) in [5, 5.41) is 63.5. The first-order chi connectivity index (χ1) is 23.3. The minimum absolute atomic E-state index is 0.118. The normalized spacial score (nSPS) is 12.6. The van der Waals surface area contributed by atoms with Crippen molar-refractivity contribution in [3.63, 3.8) is 0 Å². The highest BCUT2D eigenvalue weighted by Gasteiger charge is 2.41. The van der Waals surface area contributed by atoms with Gasteiger partial charge in [-0.2, -0.15) is 0 Å².